The molecule has 5 nitrogen and oxygen atoms in total. The third-order valence-corrected chi connectivity index (χ3v) is 4.24. The summed E-state index contributed by atoms with van der Waals surface area (Å²) in [5.74, 6) is 0.875. The van der Waals surface area contributed by atoms with Crippen LogP contribution in [0.2, 0.25) is 0 Å². The van der Waals surface area contributed by atoms with E-state index in [0.717, 1.165) is 34.7 Å². The molecular formula is C16H23BN4O. The molecule has 0 bridgehead atoms. The predicted molar refractivity (Wildman–Crippen MR) is 92.4 cm³/mol. The second-order valence-electron chi connectivity index (χ2n) is 5.95. The highest BCUT2D eigenvalue weighted by atomic mass is 16.5. The SMILES string of the molecule is Bc1cnn(C)c1-c1cc(N)ccc1OCCN1CCCC1. The molecule has 0 unspecified atom stereocenters. The van der Waals surface area contributed by atoms with Crippen LogP contribution < -0.4 is 15.9 Å². The largest absolute Gasteiger partial charge is 0.492 e. The Morgan fingerprint density at radius 3 is 2.77 bits per heavy atom. The minimum atomic E-state index is 0.702. The summed E-state index contributed by atoms with van der Waals surface area (Å²) < 4.78 is 7.92. The van der Waals surface area contributed by atoms with Gasteiger partial charge >= 0.3 is 0 Å². The molecule has 1 aromatic carbocycles. The fraction of sp³-hybridized carbons (Fsp3) is 0.438. The second-order valence-corrected chi connectivity index (χ2v) is 5.95. The molecule has 0 saturated carbocycles. The van der Waals surface area contributed by atoms with E-state index in [1.165, 1.54) is 25.9 Å². The Bertz CT molecular complexity index is 630. The highest BCUT2D eigenvalue weighted by Crippen LogP contribution is 2.30. The van der Waals surface area contributed by atoms with Crippen LogP contribution >= 0.6 is 0 Å². The fourth-order valence-corrected chi connectivity index (χ4v) is 3.08. The maximum atomic E-state index is 6.05. The van der Waals surface area contributed by atoms with Crippen LogP contribution in [0.4, 0.5) is 5.69 Å². The highest BCUT2D eigenvalue weighted by molar-refractivity contribution is 6.35. The summed E-state index contributed by atoms with van der Waals surface area (Å²) >= 11 is 0. The summed E-state index contributed by atoms with van der Waals surface area (Å²) in [6.07, 6.45) is 4.48. The van der Waals surface area contributed by atoms with E-state index < -0.39 is 0 Å². The number of nitrogen functional groups attached to an aromatic ring is 1. The Morgan fingerprint density at radius 1 is 1.32 bits per heavy atom. The van der Waals surface area contributed by atoms with Gasteiger partial charge in [-0.1, -0.05) is 0 Å². The first-order chi connectivity index (χ1) is 10.6. The average molecular weight is 298 g/mol. The second kappa shape index (κ2) is 6.44. The smallest absolute Gasteiger partial charge is 0.144 e. The van der Waals surface area contributed by atoms with E-state index in [-0.39, 0.29) is 0 Å². The number of hydrogen-bond acceptors (Lipinski definition) is 4. The fourth-order valence-electron chi connectivity index (χ4n) is 3.08. The molecule has 116 valence electrons. The zero-order valence-corrected chi connectivity index (χ0v) is 13.4. The molecule has 0 atom stereocenters. The topological polar surface area (TPSA) is 56.3 Å². The summed E-state index contributed by atoms with van der Waals surface area (Å²) in [6, 6.07) is 5.82. The molecule has 0 amide bonds. The number of aryl methyl sites for hydroxylation is 1. The van der Waals surface area contributed by atoms with Crippen LogP contribution in [0.25, 0.3) is 11.3 Å². The summed E-state index contributed by atoms with van der Waals surface area (Å²) in [5, 5.41) is 4.32. The molecule has 2 N–H and O–H groups in total. The maximum Gasteiger partial charge on any atom is 0.144 e. The van der Waals surface area contributed by atoms with E-state index >= 15 is 0 Å². The lowest BCUT2D eigenvalue weighted by Gasteiger charge is -2.17. The van der Waals surface area contributed by atoms with Crippen molar-refractivity contribution in [1.29, 1.82) is 0 Å². The van der Waals surface area contributed by atoms with E-state index in [1.54, 1.807) is 0 Å². The molecule has 1 aliphatic heterocycles. The number of ether oxygens (including phenoxy) is 1. The molecule has 1 aliphatic rings. The molecule has 0 aliphatic carbocycles. The number of rotatable bonds is 5. The van der Waals surface area contributed by atoms with Crippen molar-refractivity contribution in [2.75, 3.05) is 32.0 Å². The zero-order valence-electron chi connectivity index (χ0n) is 13.4. The molecule has 2 aromatic rings. The number of likely N-dealkylation sites (tertiary alicyclic amines) is 1. The van der Waals surface area contributed by atoms with Gasteiger partial charge in [0.1, 0.15) is 20.2 Å². The maximum absolute atomic E-state index is 6.05. The third kappa shape index (κ3) is 3.12. The molecule has 1 aromatic heterocycles. The van der Waals surface area contributed by atoms with Gasteiger partial charge in [-0.25, -0.2) is 0 Å². The monoisotopic (exact) mass is 298 g/mol. The number of benzene rings is 1. The van der Waals surface area contributed by atoms with Gasteiger partial charge in [-0.15, -0.1) is 0 Å². The van der Waals surface area contributed by atoms with Crippen molar-refractivity contribution < 1.29 is 4.74 Å². The Hall–Kier alpha value is -1.95. The quantitative estimate of drug-likeness (QED) is 0.641. The number of anilines is 1. The van der Waals surface area contributed by atoms with E-state index in [0.29, 0.717) is 6.61 Å². The van der Waals surface area contributed by atoms with Crippen molar-refractivity contribution >= 4 is 19.0 Å². The average Bonchev–Trinajstić information content (AvgIpc) is 3.11. The first-order valence-electron chi connectivity index (χ1n) is 7.89. The minimum absolute atomic E-state index is 0.702. The molecule has 0 spiro atoms. The van der Waals surface area contributed by atoms with Crippen LogP contribution in [0.1, 0.15) is 12.8 Å². The van der Waals surface area contributed by atoms with Gasteiger partial charge in [0, 0.05) is 31.0 Å². The number of aromatic nitrogens is 2. The molecule has 1 fully saturated rings. The van der Waals surface area contributed by atoms with Crippen LogP contribution in [0.15, 0.2) is 24.4 Å². The van der Waals surface area contributed by atoms with Gasteiger partial charge in [0.2, 0.25) is 0 Å². The standard InChI is InChI=1S/C16H23BN4O/c1-20-16(14(17)11-19-20)13-10-12(18)4-5-15(13)22-9-8-21-6-2-3-7-21/h4-5,10-11H,2-3,6-9,17-18H2,1H3. The Kier molecular flexibility index (Phi) is 4.38. The molecule has 1 saturated heterocycles. The normalized spacial score (nSPS) is 15.3. The van der Waals surface area contributed by atoms with E-state index in [4.69, 9.17) is 10.5 Å². The van der Waals surface area contributed by atoms with E-state index in [1.807, 2.05) is 36.1 Å². The molecule has 3 rings (SSSR count). The van der Waals surface area contributed by atoms with Crippen molar-refractivity contribution in [3.63, 3.8) is 0 Å². The molecule has 0 radical (unpaired) electrons. The van der Waals surface area contributed by atoms with Crippen molar-refractivity contribution in [2.45, 2.75) is 12.8 Å². The van der Waals surface area contributed by atoms with Crippen LogP contribution in [-0.2, 0) is 7.05 Å². The number of nitrogens with zero attached hydrogens (tertiary/aromatic N) is 3. The van der Waals surface area contributed by atoms with Crippen molar-refractivity contribution in [2.24, 2.45) is 7.05 Å². The van der Waals surface area contributed by atoms with E-state index in [9.17, 15) is 0 Å². The van der Waals surface area contributed by atoms with Gasteiger partial charge < -0.3 is 10.5 Å². The van der Waals surface area contributed by atoms with Gasteiger partial charge in [-0.3, -0.25) is 9.58 Å². The van der Waals surface area contributed by atoms with Crippen LogP contribution in [-0.4, -0.2) is 48.8 Å². The van der Waals surface area contributed by atoms with Crippen molar-refractivity contribution in [3.05, 3.63) is 24.4 Å². The van der Waals surface area contributed by atoms with E-state index in [2.05, 4.69) is 17.8 Å². The summed E-state index contributed by atoms with van der Waals surface area (Å²) in [7, 11) is 4.00. The molecular weight excluding hydrogens is 275 g/mol. The summed E-state index contributed by atoms with van der Waals surface area (Å²) in [5.41, 5.74) is 9.90. The minimum Gasteiger partial charge on any atom is -0.492 e. The van der Waals surface area contributed by atoms with Gasteiger partial charge in [0.25, 0.3) is 0 Å². The highest BCUT2D eigenvalue weighted by Gasteiger charge is 2.15. The van der Waals surface area contributed by atoms with Crippen molar-refractivity contribution in [1.82, 2.24) is 14.7 Å². The first kappa shape index (κ1) is 15.0. The lowest BCUT2D eigenvalue weighted by atomic mass is 9.93. The van der Waals surface area contributed by atoms with Gasteiger partial charge in [0.15, 0.2) is 0 Å². The zero-order chi connectivity index (χ0) is 15.5. The lowest BCUT2D eigenvalue weighted by molar-refractivity contribution is 0.238. The van der Waals surface area contributed by atoms with Crippen molar-refractivity contribution in [3.8, 4) is 17.0 Å². The van der Waals surface area contributed by atoms with Gasteiger partial charge in [0.05, 0.1) is 5.69 Å². The summed E-state index contributed by atoms with van der Waals surface area (Å²) in [4.78, 5) is 2.45. The predicted octanol–water partition coefficient (Wildman–Crippen LogP) is 0.402. The van der Waals surface area contributed by atoms with Crippen LogP contribution in [0.5, 0.6) is 5.75 Å². The lowest BCUT2D eigenvalue weighted by Crippen LogP contribution is -2.25. The Labute approximate surface area is 132 Å². The Balaban J connectivity index is 1.79. The first-order valence-corrected chi connectivity index (χ1v) is 7.89. The molecule has 6 heteroatoms. The van der Waals surface area contributed by atoms with Crippen LogP contribution in [0.3, 0.4) is 0 Å². The van der Waals surface area contributed by atoms with Crippen LogP contribution in [0, 0.1) is 0 Å². The number of hydrogen-bond donors (Lipinski definition) is 1. The van der Waals surface area contributed by atoms with Gasteiger partial charge in [-0.2, -0.15) is 5.10 Å². The molecule has 2 heterocycles. The Morgan fingerprint density at radius 2 is 2.09 bits per heavy atom. The third-order valence-electron chi connectivity index (χ3n) is 4.24. The molecule has 22 heavy (non-hydrogen) atoms. The number of nitrogens with two attached hydrogens (primary N) is 1. The summed E-state index contributed by atoms with van der Waals surface area (Å²) in [6.45, 7) is 4.07. The van der Waals surface area contributed by atoms with Gasteiger partial charge in [-0.05, 0) is 49.6 Å².